The van der Waals surface area contributed by atoms with E-state index in [-0.39, 0.29) is 5.54 Å². The molecule has 0 heterocycles. The second kappa shape index (κ2) is 6.24. The Labute approximate surface area is 118 Å². The number of hydrogen-bond donors (Lipinski definition) is 1. The molecule has 2 atom stereocenters. The molecular weight excluding hydrogens is 234 g/mol. The number of rotatable bonds is 6. The van der Waals surface area contributed by atoms with E-state index in [0.29, 0.717) is 12.1 Å². The summed E-state index contributed by atoms with van der Waals surface area (Å²) in [5.74, 6) is 0. The van der Waals surface area contributed by atoms with Crippen LogP contribution in [0.25, 0.3) is 0 Å². The third-order valence-corrected chi connectivity index (χ3v) is 4.47. The molecule has 108 valence electrons. The number of nitrogens with one attached hydrogen (secondary N) is 1. The molecule has 0 bridgehead atoms. The number of nitriles is 1. The Morgan fingerprint density at radius 2 is 2.05 bits per heavy atom. The van der Waals surface area contributed by atoms with Crippen LogP contribution < -0.4 is 5.32 Å². The van der Waals surface area contributed by atoms with Crippen LogP contribution in [0.1, 0.15) is 65.7 Å². The van der Waals surface area contributed by atoms with Crippen molar-refractivity contribution in [2.75, 3.05) is 6.54 Å². The van der Waals surface area contributed by atoms with Gasteiger partial charge in [-0.3, -0.25) is 10.2 Å². The molecule has 2 aliphatic rings. The first-order valence-electron chi connectivity index (χ1n) is 8.05. The summed E-state index contributed by atoms with van der Waals surface area (Å²) in [6.07, 6.45) is 8.46. The summed E-state index contributed by atoms with van der Waals surface area (Å²) in [6.45, 7) is 7.77. The quantitative estimate of drug-likeness (QED) is 0.800. The average molecular weight is 263 g/mol. The largest absolute Gasteiger partial charge is 0.297 e. The van der Waals surface area contributed by atoms with Gasteiger partial charge in [0.2, 0.25) is 0 Å². The topological polar surface area (TPSA) is 39.1 Å². The van der Waals surface area contributed by atoms with Crippen LogP contribution in [0, 0.1) is 11.3 Å². The minimum absolute atomic E-state index is 0.280. The lowest BCUT2D eigenvalue weighted by Crippen LogP contribution is -2.55. The van der Waals surface area contributed by atoms with Gasteiger partial charge < -0.3 is 0 Å². The van der Waals surface area contributed by atoms with Gasteiger partial charge >= 0.3 is 0 Å². The molecule has 1 N–H and O–H groups in total. The predicted molar refractivity (Wildman–Crippen MR) is 78.9 cm³/mol. The Morgan fingerprint density at radius 1 is 1.32 bits per heavy atom. The Balaban J connectivity index is 2.04. The van der Waals surface area contributed by atoms with Crippen LogP contribution in [-0.4, -0.2) is 35.1 Å². The molecular formula is C16H29N3. The van der Waals surface area contributed by atoms with E-state index in [2.05, 4.69) is 37.1 Å². The van der Waals surface area contributed by atoms with Gasteiger partial charge in [0.25, 0.3) is 0 Å². The van der Waals surface area contributed by atoms with Gasteiger partial charge in [-0.05, 0) is 65.3 Å². The maximum Gasteiger partial charge on any atom is 0.108 e. The van der Waals surface area contributed by atoms with Crippen molar-refractivity contribution in [2.24, 2.45) is 0 Å². The van der Waals surface area contributed by atoms with Crippen LogP contribution in [0.4, 0.5) is 0 Å². The zero-order valence-corrected chi connectivity index (χ0v) is 12.8. The molecule has 0 amide bonds. The van der Waals surface area contributed by atoms with Crippen molar-refractivity contribution in [3.8, 4) is 6.07 Å². The highest BCUT2D eigenvalue weighted by Gasteiger charge is 2.42. The van der Waals surface area contributed by atoms with Gasteiger partial charge in [0.1, 0.15) is 5.54 Å². The van der Waals surface area contributed by atoms with E-state index in [4.69, 9.17) is 0 Å². The first-order valence-corrected chi connectivity index (χ1v) is 8.05. The van der Waals surface area contributed by atoms with Crippen LogP contribution >= 0.6 is 0 Å². The molecule has 0 radical (unpaired) electrons. The Hall–Kier alpha value is -0.590. The first kappa shape index (κ1) is 14.8. The molecule has 0 saturated heterocycles. The van der Waals surface area contributed by atoms with Gasteiger partial charge in [-0.15, -0.1) is 0 Å². The van der Waals surface area contributed by atoms with Gasteiger partial charge in [-0.1, -0.05) is 6.92 Å². The zero-order valence-electron chi connectivity index (χ0n) is 12.8. The average Bonchev–Trinajstić information content (AvgIpc) is 3.19. The molecule has 0 aliphatic heterocycles. The maximum absolute atomic E-state index is 9.64. The minimum Gasteiger partial charge on any atom is -0.297 e. The summed E-state index contributed by atoms with van der Waals surface area (Å²) in [4.78, 5) is 2.70. The van der Waals surface area contributed by atoms with Crippen molar-refractivity contribution in [3.05, 3.63) is 0 Å². The molecule has 2 saturated carbocycles. The van der Waals surface area contributed by atoms with Crippen molar-refractivity contribution in [1.29, 1.82) is 5.26 Å². The van der Waals surface area contributed by atoms with E-state index < -0.39 is 0 Å². The highest BCUT2D eigenvalue weighted by Crippen LogP contribution is 2.37. The lowest BCUT2D eigenvalue weighted by atomic mass is 9.78. The molecule has 0 aromatic carbocycles. The predicted octanol–water partition coefficient (Wildman–Crippen LogP) is 3.06. The summed E-state index contributed by atoms with van der Waals surface area (Å²) >= 11 is 0. The fourth-order valence-corrected chi connectivity index (χ4v) is 3.67. The normalized spacial score (nSPS) is 31.7. The molecule has 2 rings (SSSR count). The minimum atomic E-state index is -0.280. The van der Waals surface area contributed by atoms with E-state index >= 15 is 0 Å². The van der Waals surface area contributed by atoms with Gasteiger partial charge in [-0.2, -0.15) is 5.26 Å². The molecule has 2 unspecified atom stereocenters. The summed E-state index contributed by atoms with van der Waals surface area (Å²) in [5, 5.41) is 13.2. The van der Waals surface area contributed by atoms with E-state index in [1.54, 1.807) is 0 Å². The first-order chi connectivity index (χ1) is 9.10. The Morgan fingerprint density at radius 3 is 2.58 bits per heavy atom. The Bertz CT molecular complexity index is 329. The number of nitrogens with zero attached hydrogens (tertiary/aromatic N) is 2. The molecule has 0 aromatic rings. The highest BCUT2D eigenvalue weighted by molar-refractivity contribution is 5.12. The van der Waals surface area contributed by atoms with Crippen molar-refractivity contribution in [3.63, 3.8) is 0 Å². The van der Waals surface area contributed by atoms with E-state index in [0.717, 1.165) is 18.9 Å². The Kier molecular flexibility index (Phi) is 4.86. The summed E-state index contributed by atoms with van der Waals surface area (Å²) in [5.41, 5.74) is -0.280. The van der Waals surface area contributed by atoms with Gasteiger partial charge in [-0.25, -0.2) is 0 Å². The summed E-state index contributed by atoms with van der Waals surface area (Å²) in [7, 11) is 0. The third kappa shape index (κ3) is 3.70. The second-order valence-electron chi connectivity index (χ2n) is 6.71. The monoisotopic (exact) mass is 263 g/mol. The molecule has 3 nitrogen and oxygen atoms in total. The van der Waals surface area contributed by atoms with Crippen molar-refractivity contribution in [2.45, 2.75) is 89.4 Å². The van der Waals surface area contributed by atoms with Crippen molar-refractivity contribution >= 4 is 0 Å². The van der Waals surface area contributed by atoms with Crippen LogP contribution in [-0.2, 0) is 0 Å². The summed E-state index contributed by atoms with van der Waals surface area (Å²) < 4.78 is 0. The smallest absolute Gasteiger partial charge is 0.108 e. The van der Waals surface area contributed by atoms with Gasteiger partial charge in [0.15, 0.2) is 0 Å². The molecule has 3 heteroatoms. The van der Waals surface area contributed by atoms with E-state index in [1.807, 2.05) is 0 Å². The third-order valence-electron chi connectivity index (χ3n) is 4.47. The lowest BCUT2D eigenvalue weighted by molar-refractivity contribution is 0.109. The molecule has 19 heavy (non-hydrogen) atoms. The molecule has 0 aromatic heterocycles. The fourth-order valence-electron chi connectivity index (χ4n) is 3.67. The van der Waals surface area contributed by atoms with Crippen molar-refractivity contribution < 1.29 is 0 Å². The zero-order chi connectivity index (χ0) is 13.9. The van der Waals surface area contributed by atoms with Gasteiger partial charge in [0.05, 0.1) is 6.07 Å². The lowest BCUT2D eigenvalue weighted by Gasteiger charge is -2.42. The van der Waals surface area contributed by atoms with E-state index in [1.165, 1.54) is 38.6 Å². The van der Waals surface area contributed by atoms with Crippen molar-refractivity contribution in [1.82, 2.24) is 10.2 Å². The highest BCUT2D eigenvalue weighted by atomic mass is 15.2. The van der Waals surface area contributed by atoms with Crippen LogP contribution in [0.15, 0.2) is 0 Å². The SMILES string of the molecule is CCCN(C1CC1)C1CCCC(C#N)(NC(C)C)C1. The molecule has 2 fully saturated rings. The fraction of sp³-hybridized carbons (Fsp3) is 0.938. The maximum atomic E-state index is 9.64. The molecule has 0 spiro atoms. The van der Waals surface area contributed by atoms with Crippen LogP contribution in [0.3, 0.4) is 0 Å². The summed E-state index contributed by atoms with van der Waals surface area (Å²) in [6, 6.07) is 4.42. The van der Waals surface area contributed by atoms with E-state index in [9.17, 15) is 5.26 Å². The van der Waals surface area contributed by atoms with Crippen LogP contribution in [0.2, 0.25) is 0 Å². The number of hydrogen-bond acceptors (Lipinski definition) is 3. The standard InChI is InChI=1S/C16H29N3/c1-4-10-19(14-7-8-14)15-6-5-9-16(11-15,12-17)18-13(2)3/h13-15,18H,4-11H2,1-3H3. The second-order valence-corrected chi connectivity index (χ2v) is 6.71. The van der Waals surface area contributed by atoms with Gasteiger partial charge in [0, 0.05) is 18.1 Å². The van der Waals surface area contributed by atoms with Crippen LogP contribution in [0.5, 0.6) is 0 Å². The molecule has 2 aliphatic carbocycles.